The largest absolute Gasteiger partial charge is 0.0625 e. The maximum absolute atomic E-state index is 2.49. The van der Waals surface area contributed by atoms with Crippen LogP contribution < -0.4 is 0 Å². The van der Waals surface area contributed by atoms with Crippen LogP contribution in [0.15, 0.2) is 54.6 Å². The van der Waals surface area contributed by atoms with Crippen molar-refractivity contribution in [1.29, 1.82) is 0 Å². The molecule has 0 spiro atoms. The molecular formula is C23H28. The first-order valence-electron chi connectivity index (χ1n) is 9.23. The van der Waals surface area contributed by atoms with E-state index >= 15 is 0 Å². The molecule has 1 fully saturated rings. The van der Waals surface area contributed by atoms with Gasteiger partial charge in [-0.2, -0.15) is 0 Å². The van der Waals surface area contributed by atoms with Crippen LogP contribution in [-0.4, -0.2) is 0 Å². The van der Waals surface area contributed by atoms with Gasteiger partial charge in [0.2, 0.25) is 0 Å². The van der Waals surface area contributed by atoms with Gasteiger partial charge in [-0.3, -0.25) is 0 Å². The lowest BCUT2D eigenvalue weighted by Gasteiger charge is -2.53. The molecule has 4 rings (SSSR count). The third-order valence-corrected chi connectivity index (χ3v) is 6.67. The highest BCUT2D eigenvalue weighted by Crippen LogP contribution is 2.57. The van der Waals surface area contributed by atoms with Crippen LogP contribution in [0, 0.1) is 17.8 Å². The molecule has 0 amide bonds. The molecule has 0 nitrogen and oxygen atoms in total. The minimum Gasteiger partial charge on any atom is -0.0625 e. The topological polar surface area (TPSA) is 0 Å². The monoisotopic (exact) mass is 304 g/mol. The highest BCUT2D eigenvalue weighted by molar-refractivity contribution is 5.46. The molecule has 0 aromatic heterocycles. The Morgan fingerprint density at radius 3 is 2.35 bits per heavy atom. The second-order valence-electron chi connectivity index (χ2n) is 8.39. The first-order chi connectivity index (χ1) is 11.1. The van der Waals surface area contributed by atoms with Gasteiger partial charge in [0.1, 0.15) is 0 Å². The van der Waals surface area contributed by atoms with Gasteiger partial charge < -0.3 is 0 Å². The average molecular weight is 304 g/mol. The van der Waals surface area contributed by atoms with E-state index in [0.717, 1.165) is 17.8 Å². The van der Waals surface area contributed by atoms with Gasteiger partial charge in [0.15, 0.2) is 0 Å². The molecule has 23 heavy (non-hydrogen) atoms. The van der Waals surface area contributed by atoms with E-state index in [1.54, 1.807) is 11.1 Å². The summed E-state index contributed by atoms with van der Waals surface area (Å²) in [7, 11) is 0. The Bertz CT molecular complexity index is 682. The number of hydrogen-bond donors (Lipinski definition) is 0. The lowest BCUT2D eigenvalue weighted by atomic mass is 9.51. The fourth-order valence-corrected chi connectivity index (χ4v) is 5.56. The maximum atomic E-state index is 2.49. The summed E-state index contributed by atoms with van der Waals surface area (Å²) in [6.07, 6.45) is 4.16. The van der Waals surface area contributed by atoms with Gasteiger partial charge in [-0.1, -0.05) is 81.8 Å². The van der Waals surface area contributed by atoms with Gasteiger partial charge in [-0.15, -0.1) is 0 Å². The first-order valence-corrected chi connectivity index (χ1v) is 9.23. The normalized spacial score (nSPS) is 32.0. The minimum absolute atomic E-state index is 0.298. The molecule has 2 aromatic carbocycles. The Labute approximate surface area is 140 Å². The predicted molar refractivity (Wildman–Crippen MR) is 97.7 cm³/mol. The van der Waals surface area contributed by atoms with Crippen molar-refractivity contribution >= 4 is 0 Å². The molecule has 120 valence electrons. The number of benzene rings is 2. The van der Waals surface area contributed by atoms with Crippen molar-refractivity contribution in [2.45, 2.75) is 51.4 Å². The summed E-state index contributed by atoms with van der Waals surface area (Å²) in [5.41, 5.74) is 4.98. The molecule has 0 N–H and O–H groups in total. The Balaban J connectivity index is 1.91. The van der Waals surface area contributed by atoms with Gasteiger partial charge >= 0.3 is 0 Å². The van der Waals surface area contributed by atoms with Crippen LogP contribution in [0.25, 0.3) is 0 Å². The van der Waals surface area contributed by atoms with E-state index < -0.39 is 0 Å². The number of hydrogen-bond acceptors (Lipinski definition) is 0. The van der Waals surface area contributed by atoms with Crippen LogP contribution in [0.5, 0.6) is 0 Å². The second kappa shape index (κ2) is 5.51. The predicted octanol–water partition coefficient (Wildman–Crippen LogP) is 6.16. The third-order valence-electron chi connectivity index (χ3n) is 6.67. The quantitative estimate of drug-likeness (QED) is 0.591. The fourth-order valence-electron chi connectivity index (χ4n) is 5.56. The van der Waals surface area contributed by atoms with Crippen molar-refractivity contribution in [3.05, 3.63) is 71.3 Å². The van der Waals surface area contributed by atoms with E-state index in [4.69, 9.17) is 0 Å². The molecule has 1 saturated carbocycles. The lowest BCUT2D eigenvalue weighted by molar-refractivity contribution is 0.0922. The molecule has 0 saturated heterocycles. The molecule has 0 heteroatoms. The summed E-state index contributed by atoms with van der Waals surface area (Å²) in [5, 5.41) is 0. The first kappa shape index (κ1) is 15.0. The van der Waals surface area contributed by atoms with E-state index in [-0.39, 0.29) is 0 Å². The van der Waals surface area contributed by atoms with E-state index in [2.05, 4.69) is 75.4 Å². The van der Waals surface area contributed by atoms with E-state index in [0.29, 0.717) is 11.3 Å². The van der Waals surface area contributed by atoms with Gasteiger partial charge in [-0.05, 0) is 52.7 Å². The van der Waals surface area contributed by atoms with Crippen LogP contribution in [0.2, 0.25) is 0 Å². The molecule has 4 atom stereocenters. The van der Waals surface area contributed by atoms with Gasteiger partial charge in [-0.25, -0.2) is 0 Å². The molecule has 2 aliphatic rings. The summed E-state index contributed by atoms with van der Waals surface area (Å²) in [6.45, 7) is 7.42. The highest BCUT2D eigenvalue weighted by Gasteiger charge is 2.48. The Kier molecular flexibility index (Phi) is 3.59. The van der Waals surface area contributed by atoms with Crippen LogP contribution in [0.4, 0.5) is 0 Å². The lowest BCUT2D eigenvalue weighted by Crippen LogP contribution is -2.45. The van der Waals surface area contributed by atoms with Crippen molar-refractivity contribution in [2.24, 2.45) is 17.8 Å². The van der Waals surface area contributed by atoms with E-state index in [1.165, 1.54) is 24.8 Å². The standard InChI is InChI=1S/C23H28/c1-16-13-14-21-19(15-16)22(17-9-5-4-6-10-17)18-11-7-8-12-20(18)23(21,2)3/h4-12,16,19,21-22H,13-15H2,1-3H3/t16-,19-,21-,22-/m1/s1. The molecule has 2 aromatic rings. The smallest absolute Gasteiger partial charge is 0.0124 e. The molecule has 0 radical (unpaired) electrons. The Morgan fingerprint density at radius 1 is 0.870 bits per heavy atom. The maximum Gasteiger partial charge on any atom is 0.0124 e. The van der Waals surface area contributed by atoms with Crippen LogP contribution in [0.3, 0.4) is 0 Å². The van der Waals surface area contributed by atoms with E-state index in [1.807, 2.05) is 0 Å². The van der Waals surface area contributed by atoms with Crippen molar-refractivity contribution in [1.82, 2.24) is 0 Å². The van der Waals surface area contributed by atoms with Crippen molar-refractivity contribution < 1.29 is 0 Å². The Hall–Kier alpha value is -1.56. The summed E-state index contributed by atoms with van der Waals surface area (Å²) < 4.78 is 0. The number of fused-ring (bicyclic) bond motifs is 2. The van der Waals surface area contributed by atoms with Crippen molar-refractivity contribution in [3.8, 4) is 0 Å². The number of rotatable bonds is 1. The molecule has 0 heterocycles. The summed E-state index contributed by atoms with van der Waals surface area (Å²) in [6, 6.07) is 20.5. The van der Waals surface area contributed by atoms with Crippen molar-refractivity contribution in [3.63, 3.8) is 0 Å². The highest BCUT2D eigenvalue weighted by atomic mass is 14.5. The van der Waals surface area contributed by atoms with Crippen LogP contribution >= 0.6 is 0 Å². The third kappa shape index (κ3) is 2.35. The van der Waals surface area contributed by atoms with Crippen LogP contribution in [0.1, 0.15) is 62.6 Å². The molecule has 2 aliphatic carbocycles. The minimum atomic E-state index is 0.298. The van der Waals surface area contributed by atoms with Gasteiger partial charge in [0, 0.05) is 5.92 Å². The zero-order valence-corrected chi connectivity index (χ0v) is 14.6. The van der Waals surface area contributed by atoms with Crippen molar-refractivity contribution in [2.75, 3.05) is 0 Å². The fraction of sp³-hybridized carbons (Fsp3) is 0.478. The second-order valence-corrected chi connectivity index (χ2v) is 8.39. The molecule has 0 bridgehead atoms. The van der Waals surface area contributed by atoms with Gasteiger partial charge in [0.25, 0.3) is 0 Å². The zero-order chi connectivity index (χ0) is 16.0. The van der Waals surface area contributed by atoms with Crippen LogP contribution in [-0.2, 0) is 5.41 Å². The molecular weight excluding hydrogens is 276 g/mol. The zero-order valence-electron chi connectivity index (χ0n) is 14.6. The average Bonchev–Trinajstić information content (AvgIpc) is 2.56. The van der Waals surface area contributed by atoms with Gasteiger partial charge in [0.05, 0.1) is 0 Å². The molecule has 0 aliphatic heterocycles. The summed E-state index contributed by atoms with van der Waals surface area (Å²) in [5.74, 6) is 3.03. The molecule has 0 unspecified atom stereocenters. The van der Waals surface area contributed by atoms with E-state index in [9.17, 15) is 0 Å². The summed E-state index contributed by atoms with van der Waals surface area (Å²) in [4.78, 5) is 0. The Morgan fingerprint density at radius 2 is 1.57 bits per heavy atom. The summed E-state index contributed by atoms with van der Waals surface area (Å²) >= 11 is 0. The SMILES string of the molecule is C[C@@H]1CC[C@@H]2[C@@H](C1)[C@H](c1ccccc1)c1ccccc1C2(C)C.